The first-order valence-electron chi connectivity index (χ1n) is 7.61. The van der Waals surface area contributed by atoms with Crippen LogP contribution in [0.2, 0.25) is 0 Å². The van der Waals surface area contributed by atoms with Crippen molar-refractivity contribution in [2.75, 3.05) is 11.4 Å². The third-order valence-corrected chi connectivity index (χ3v) is 3.75. The van der Waals surface area contributed by atoms with Crippen molar-refractivity contribution in [1.29, 1.82) is 0 Å². The molecule has 3 rings (SSSR count). The van der Waals surface area contributed by atoms with E-state index < -0.39 is 16.4 Å². The van der Waals surface area contributed by atoms with Crippen LogP contribution < -0.4 is 10.0 Å². The van der Waals surface area contributed by atoms with Gasteiger partial charge in [-0.1, -0.05) is 36.4 Å². The maximum Gasteiger partial charge on any atom is 0.279 e. The Morgan fingerprint density at radius 3 is 2.73 bits per heavy atom. The molecule has 0 fully saturated rings. The maximum absolute atomic E-state index is 12.5. The summed E-state index contributed by atoms with van der Waals surface area (Å²) in [7, 11) is 0. The van der Waals surface area contributed by atoms with Gasteiger partial charge in [-0.3, -0.25) is 14.9 Å². The van der Waals surface area contributed by atoms with Crippen LogP contribution in [0.4, 0.5) is 11.4 Å². The Hall–Kier alpha value is -3.81. The van der Waals surface area contributed by atoms with E-state index in [1.807, 2.05) is 6.07 Å². The van der Waals surface area contributed by atoms with Gasteiger partial charge in [-0.25, -0.2) is 0 Å². The molecule has 1 heterocycles. The largest absolute Gasteiger partial charge is 0.868 e. The van der Waals surface area contributed by atoms with Crippen LogP contribution in [0.25, 0.3) is 0 Å². The Kier molecular flexibility index (Phi) is 4.57. The Labute approximate surface area is 148 Å². The van der Waals surface area contributed by atoms with Crippen molar-refractivity contribution in [3.8, 4) is 5.75 Å². The van der Waals surface area contributed by atoms with Crippen LogP contribution in [0, 0.1) is 10.1 Å². The molecule has 8 nitrogen and oxygen atoms in total. The second-order valence-electron chi connectivity index (χ2n) is 5.40. The molecule has 0 N–H and O–H groups in total. The molecule has 0 unspecified atom stereocenters. The standard InChI is InChI=1S/C18H14N4O4/c1-2-9-21-14-6-4-3-5-13(14)17(18(21)24)20-19-11-12-7-8-16(23)15(10-12)22(25)26/h2-8,10-11,23H,1,9H2/p-1/b19-11-,20-17-. The molecule has 0 aliphatic carbocycles. The van der Waals surface area contributed by atoms with Crippen LogP contribution in [0.15, 0.2) is 65.3 Å². The first kappa shape index (κ1) is 17.0. The summed E-state index contributed by atoms with van der Waals surface area (Å²) < 4.78 is 0. The number of carbonyl (C=O) groups excluding carboxylic acids is 1. The van der Waals surface area contributed by atoms with Gasteiger partial charge in [0.1, 0.15) is 0 Å². The summed E-state index contributed by atoms with van der Waals surface area (Å²) in [6, 6.07) is 10.8. The van der Waals surface area contributed by atoms with Crippen molar-refractivity contribution in [3.63, 3.8) is 0 Å². The molecule has 8 heteroatoms. The van der Waals surface area contributed by atoms with E-state index in [-0.39, 0.29) is 11.6 Å². The molecule has 2 aromatic carbocycles. The molecule has 26 heavy (non-hydrogen) atoms. The van der Waals surface area contributed by atoms with E-state index in [1.165, 1.54) is 17.2 Å². The molecule has 2 aromatic rings. The average Bonchev–Trinajstić information content (AvgIpc) is 2.89. The number of fused-ring (bicyclic) bond motifs is 1. The van der Waals surface area contributed by atoms with Crippen molar-refractivity contribution >= 4 is 29.2 Å². The minimum atomic E-state index is -0.754. The van der Waals surface area contributed by atoms with Gasteiger partial charge in [0.25, 0.3) is 11.6 Å². The number of rotatable bonds is 5. The third-order valence-electron chi connectivity index (χ3n) is 3.75. The average molecular weight is 349 g/mol. The van der Waals surface area contributed by atoms with E-state index in [0.29, 0.717) is 17.7 Å². The zero-order valence-electron chi connectivity index (χ0n) is 13.5. The summed E-state index contributed by atoms with van der Waals surface area (Å²) in [4.78, 5) is 24.1. The van der Waals surface area contributed by atoms with Gasteiger partial charge >= 0.3 is 0 Å². The molecule has 0 saturated carbocycles. The molecule has 0 spiro atoms. The van der Waals surface area contributed by atoms with E-state index in [1.54, 1.807) is 24.3 Å². The van der Waals surface area contributed by atoms with Gasteiger partial charge in [-0.2, -0.15) is 5.10 Å². The number of anilines is 1. The van der Waals surface area contributed by atoms with Gasteiger partial charge in [-0.05, 0) is 11.8 Å². The number of nitro groups is 1. The fourth-order valence-corrected chi connectivity index (χ4v) is 2.58. The lowest BCUT2D eigenvalue weighted by molar-refractivity contribution is -0.398. The Bertz CT molecular complexity index is 965. The van der Waals surface area contributed by atoms with Crippen molar-refractivity contribution in [1.82, 2.24) is 0 Å². The number of nitro benzene ring substituents is 1. The van der Waals surface area contributed by atoms with E-state index in [9.17, 15) is 20.0 Å². The number of carbonyl (C=O) groups is 1. The van der Waals surface area contributed by atoms with Gasteiger partial charge in [0.15, 0.2) is 5.71 Å². The zero-order chi connectivity index (χ0) is 18.7. The predicted octanol–water partition coefficient (Wildman–Crippen LogP) is 2.02. The minimum absolute atomic E-state index is 0.175. The lowest BCUT2D eigenvalue weighted by Crippen LogP contribution is -2.30. The van der Waals surface area contributed by atoms with Crippen molar-refractivity contribution in [2.45, 2.75) is 0 Å². The molecular formula is C18H13N4O4-. The Morgan fingerprint density at radius 1 is 1.23 bits per heavy atom. The second-order valence-corrected chi connectivity index (χ2v) is 5.40. The van der Waals surface area contributed by atoms with Crippen LogP contribution in [-0.2, 0) is 4.79 Å². The van der Waals surface area contributed by atoms with E-state index in [2.05, 4.69) is 16.8 Å². The highest BCUT2D eigenvalue weighted by atomic mass is 16.6. The highest BCUT2D eigenvalue weighted by molar-refractivity contribution is 6.54. The molecule has 1 aliphatic rings. The summed E-state index contributed by atoms with van der Waals surface area (Å²) in [6.45, 7) is 3.99. The highest BCUT2D eigenvalue weighted by Gasteiger charge is 2.32. The molecule has 1 aliphatic heterocycles. The Balaban J connectivity index is 1.92. The van der Waals surface area contributed by atoms with E-state index >= 15 is 0 Å². The molecule has 130 valence electrons. The molecule has 0 aromatic heterocycles. The highest BCUT2D eigenvalue weighted by Crippen LogP contribution is 2.29. The smallest absolute Gasteiger partial charge is 0.279 e. The third kappa shape index (κ3) is 3.07. The van der Waals surface area contributed by atoms with Crippen molar-refractivity contribution < 1.29 is 14.8 Å². The monoisotopic (exact) mass is 349 g/mol. The zero-order valence-corrected chi connectivity index (χ0v) is 13.5. The lowest BCUT2D eigenvalue weighted by atomic mass is 10.1. The van der Waals surface area contributed by atoms with Gasteiger partial charge in [0.2, 0.25) is 0 Å². The topological polar surface area (TPSA) is 111 Å². The molecule has 0 atom stereocenters. The van der Waals surface area contributed by atoms with Crippen molar-refractivity contribution in [2.24, 2.45) is 10.2 Å². The van der Waals surface area contributed by atoms with Crippen LogP contribution in [-0.4, -0.2) is 29.3 Å². The van der Waals surface area contributed by atoms with Gasteiger partial charge in [0.05, 0.1) is 16.8 Å². The van der Waals surface area contributed by atoms with Gasteiger partial charge in [-0.15, -0.1) is 11.7 Å². The fourth-order valence-electron chi connectivity index (χ4n) is 2.58. The summed E-state index contributed by atoms with van der Waals surface area (Å²) in [6.07, 6.45) is 2.87. The van der Waals surface area contributed by atoms with Crippen LogP contribution in [0.5, 0.6) is 5.75 Å². The number of hydrogen-bond acceptors (Lipinski definition) is 6. The summed E-state index contributed by atoms with van der Waals surface area (Å²) in [5.74, 6) is -0.984. The molecule has 1 amide bonds. The quantitative estimate of drug-likeness (QED) is 0.356. The number of hydrogen-bond donors (Lipinski definition) is 0. The van der Waals surface area contributed by atoms with E-state index in [0.717, 1.165) is 17.8 Å². The predicted molar refractivity (Wildman–Crippen MR) is 95.7 cm³/mol. The van der Waals surface area contributed by atoms with Crippen molar-refractivity contribution in [3.05, 3.63) is 76.4 Å². The normalized spacial score (nSPS) is 14.8. The fraction of sp³-hybridized carbons (Fsp3) is 0.0556. The Morgan fingerprint density at radius 2 is 2.00 bits per heavy atom. The van der Waals surface area contributed by atoms with Crippen LogP contribution >= 0.6 is 0 Å². The SMILES string of the molecule is C=CCN1C(=O)/C(=N\N=C/c2ccc([O-])c([N+](=O)[O-])c2)c2ccccc21. The van der Waals surface area contributed by atoms with Crippen LogP contribution in [0.3, 0.4) is 0 Å². The molecule has 0 saturated heterocycles. The summed E-state index contributed by atoms with van der Waals surface area (Å²) in [5.41, 5.74) is 1.34. The number of benzene rings is 2. The summed E-state index contributed by atoms with van der Waals surface area (Å²) >= 11 is 0. The van der Waals surface area contributed by atoms with Gasteiger partial charge in [0, 0.05) is 23.7 Å². The first-order chi connectivity index (χ1) is 12.5. The molecule has 0 bridgehead atoms. The summed E-state index contributed by atoms with van der Waals surface area (Å²) in [5, 5.41) is 30.1. The number of para-hydroxylation sites is 1. The second kappa shape index (κ2) is 6.98. The first-order valence-corrected chi connectivity index (χ1v) is 7.61. The molecule has 0 radical (unpaired) electrons. The number of amides is 1. The number of nitrogens with zero attached hydrogens (tertiary/aromatic N) is 4. The van der Waals surface area contributed by atoms with E-state index in [4.69, 9.17) is 0 Å². The van der Waals surface area contributed by atoms with Gasteiger partial charge < -0.3 is 10.0 Å². The maximum atomic E-state index is 12.5. The van der Waals surface area contributed by atoms with Crippen LogP contribution in [0.1, 0.15) is 11.1 Å². The molecular weight excluding hydrogens is 336 g/mol. The lowest BCUT2D eigenvalue weighted by Gasteiger charge is -2.13. The minimum Gasteiger partial charge on any atom is -0.868 e.